The third kappa shape index (κ3) is 3.95. The van der Waals surface area contributed by atoms with Crippen LogP contribution >= 0.6 is 0 Å². The molecule has 2 aliphatic rings. The van der Waals surface area contributed by atoms with Gasteiger partial charge in [0, 0.05) is 24.6 Å². The molecule has 1 aliphatic heterocycles. The van der Waals surface area contributed by atoms with E-state index < -0.39 is 0 Å². The molecule has 0 atom stereocenters. The molecule has 1 N–H and O–H groups in total. The minimum atomic E-state index is 0.0610. The summed E-state index contributed by atoms with van der Waals surface area (Å²) in [5.41, 5.74) is 0.790. The van der Waals surface area contributed by atoms with E-state index in [1.165, 1.54) is 12.8 Å². The van der Waals surface area contributed by atoms with Crippen molar-refractivity contribution in [2.45, 2.75) is 25.7 Å². The fourth-order valence-corrected chi connectivity index (χ4v) is 3.05. The summed E-state index contributed by atoms with van der Waals surface area (Å²) >= 11 is 0. The molecule has 0 radical (unpaired) electrons. The van der Waals surface area contributed by atoms with Gasteiger partial charge in [-0.05, 0) is 38.1 Å². The van der Waals surface area contributed by atoms with Gasteiger partial charge in [0.2, 0.25) is 5.91 Å². The fraction of sp³-hybridized carbons (Fsp3) is 0.556. The predicted molar refractivity (Wildman–Crippen MR) is 85.7 cm³/mol. The second-order valence-corrected chi connectivity index (χ2v) is 6.46. The van der Waals surface area contributed by atoms with Crippen LogP contribution in [0.25, 0.3) is 0 Å². The van der Waals surface area contributed by atoms with Crippen LogP contribution in [0.15, 0.2) is 30.3 Å². The van der Waals surface area contributed by atoms with Crippen molar-refractivity contribution < 1.29 is 9.59 Å². The molecule has 1 aliphatic carbocycles. The number of piperidine rings is 1. The van der Waals surface area contributed by atoms with E-state index in [-0.39, 0.29) is 17.6 Å². The summed E-state index contributed by atoms with van der Waals surface area (Å²) in [6.07, 6.45) is 4.16. The number of nitrogens with zero attached hydrogens (tertiary/aromatic N) is 1. The van der Waals surface area contributed by atoms with Gasteiger partial charge in [-0.2, -0.15) is 0 Å². The van der Waals surface area contributed by atoms with Gasteiger partial charge in [0.05, 0.1) is 6.54 Å². The van der Waals surface area contributed by atoms with Crippen LogP contribution in [0, 0.1) is 11.8 Å². The van der Waals surface area contributed by atoms with E-state index in [1.807, 2.05) is 35.2 Å². The Bertz CT molecular complexity index is 517. The summed E-state index contributed by atoms with van der Waals surface area (Å²) in [6.45, 7) is 2.81. The van der Waals surface area contributed by atoms with Crippen LogP contribution in [-0.2, 0) is 4.79 Å². The summed E-state index contributed by atoms with van der Waals surface area (Å²) in [7, 11) is 0. The van der Waals surface area contributed by atoms with Gasteiger partial charge in [-0.1, -0.05) is 30.3 Å². The van der Waals surface area contributed by atoms with E-state index in [0.717, 1.165) is 30.9 Å². The zero-order valence-electron chi connectivity index (χ0n) is 13.0. The first-order valence-corrected chi connectivity index (χ1v) is 8.32. The summed E-state index contributed by atoms with van der Waals surface area (Å²) in [6, 6.07) is 9.48. The van der Waals surface area contributed by atoms with Crippen molar-refractivity contribution in [2.75, 3.05) is 26.2 Å². The molecule has 1 heterocycles. The van der Waals surface area contributed by atoms with Crippen molar-refractivity contribution in [3.63, 3.8) is 0 Å². The van der Waals surface area contributed by atoms with Gasteiger partial charge < -0.3 is 10.2 Å². The number of likely N-dealkylation sites (tertiary alicyclic amines) is 1. The number of Topliss-reactive ketones (excluding diaryl/α,β-unsaturated/α-hetero) is 1. The number of nitrogens with one attached hydrogen (secondary N) is 1. The minimum absolute atomic E-state index is 0.0610. The highest BCUT2D eigenvalue weighted by molar-refractivity contribution is 5.98. The zero-order valence-corrected chi connectivity index (χ0v) is 13.0. The first-order valence-electron chi connectivity index (χ1n) is 8.32. The summed E-state index contributed by atoms with van der Waals surface area (Å²) in [5, 5.41) is 3.25. The number of carbonyl (C=O) groups is 2. The number of hydrogen-bond acceptors (Lipinski definition) is 3. The smallest absolute Gasteiger partial charge is 0.236 e. The molecule has 1 saturated heterocycles. The molecule has 1 amide bonds. The molecule has 0 bridgehead atoms. The largest absolute Gasteiger partial charge is 0.342 e. The van der Waals surface area contributed by atoms with Crippen molar-refractivity contribution in [1.82, 2.24) is 10.2 Å². The van der Waals surface area contributed by atoms with Crippen LogP contribution in [0.2, 0.25) is 0 Å². The van der Waals surface area contributed by atoms with Crippen LogP contribution in [0.3, 0.4) is 0 Å². The molecule has 1 saturated carbocycles. The monoisotopic (exact) mass is 300 g/mol. The Morgan fingerprint density at radius 2 is 1.73 bits per heavy atom. The van der Waals surface area contributed by atoms with Crippen molar-refractivity contribution in [3.8, 4) is 0 Å². The lowest BCUT2D eigenvalue weighted by Gasteiger charge is -2.31. The van der Waals surface area contributed by atoms with Crippen molar-refractivity contribution in [2.24, 2.45) is 11.8 Å². The molecule has 118 valence electrons. The Hall–Kier alpha value is -1.68. The Morgan fingerprint density at radius 1 is 1.05 bits per heavy atom. The lowest BCUT2D eigenvalue weighted by atomic mass is 9.89. The van der Waals surface area contributed by atoms with Gasteiger partial charge in [-0.25, -0.2) is 0 Å². The average Bonchev–Trinajstić information content (AvgIpc) is 3.39. The number of rotatable bonds is 6. The SMILES string of the molecule is O=C(c1ccccc1)C1CCN(C(=O)CNCC2CC2)CC1. The van der Waals surface area contributed by atoms with Crippen LogP contribution < -0.4 is 5.32 Å². The van der Waals surface area contributed by atoms with Crippen LogP contribution in [0.4, 0.5) is 0 Å². The molecule has 0 spiro atoms. The molecule has 0 unspecified atom stereocenters. The zero-order chi connectivity index (χ0) is 15.4. The molecule has 22 heavy (non-hydrogen) atoms. The molecule has 2 fully saturated rings. The number of ketones is 1. The maximum absolute atomic E-state index is 12.4. The lowest BCUT2D eigenvalue weighted by molar-refractivity contribution is -0.131. The molecule has 1 aromatic carbocycles. The van der Waals surface area contributed by atoms with Gasteiger partial charge in [-0.3, -0.25) is 9.59 Å². The van der Waals surface area contributed by atoms with Crippen molar-refractivity contribution >= 4 is 11.7 Å². The van der Waals surface area contributed by atoms with Crippen molar-refractivity contribution in [3.05, 3.63) is 35.9 Å². The van der Waals surface area contributed by atoms with Gasteiger partial charge in [0.25, 0.3) is 0 Å². The second kappa shape index (κ2) is 7.05. The van der Waals surface area contributed by atoms with Gasteiger partial charge in [0.15, 0.2) is 5.78 Å². The third-order valence-electron chi connectivity index (χ3n) is 4.68. The molecular formula is C18H24N2O2. The fourth-order valence-electron chi connectivity index (χ4n) is 3.05. The molecule has 1 aromatic rings. The summed E-state index contributed by atoms with van der Waals surface area (Å²) in [5.74, 6) is 1.25. The Labute approximate surface area is 131 Å². The van der Waals surface area contributed by atoms with Crippen LogP contribution in [0.1, 0.15) is 36.0 Å². The highest BCUT2D eigenvalue weighted by atomic mass is 16.2. The summed E-state index contributed by atoms with van der Waals surface area (Å²) < 4.78 is 0. The minimum Gasteiger partial charge on any atom is -0.342 e. The Morgan fingerprint density at radius 3 is 2.36 bits per heavy atom. The lowest BCUT2D eigenvalue weighted by Crippen LogP contribution is -2.44. The molecular weight excluding hydrogens is 276 g/mol. The van der Waals surface area contributed by atoms with Crippen molar-refractivity contribution in [1.29, 1.82) is 0 Å². The predicted octanol–water partition coefficient (Wildman–Crippen LogP) is 2.11. The normalized spacial score (nSPS) is 19.2. The third-order valence-corrected chi connectivity index (χ3v) is 4.68. The highest BCUT2D eigenvalue weighted by Gasteiger charge is 2.28. The highest BCUT2D eigenvalue weighted by Crippen LogP contribution is 2.27. The summed E-state index contributed by atoms with van der Waals surface area (Å²) in [4.78, 5) is 26.4. The Balaban J connectivity index is 1.43. The Kier molecular flexibility index (Phi) is 4.88. The maximum atomic E-state index is 12.4. The van der Waals surface area contributed by atoms with Gasteiger partial charge >= 0.3 is 0 Å². The van der Waals surface area contributed by atoms with E-state index in [2.05, 4.69) is 5.32 Å². The average molecular weight is 300 g/mol. The van der Waals surface area contributed by atoms with E-state index in [9.17, 15) is 9.59 Å². The van der Waals surface area contributed by atoms with Crippen LogP contribution in [-0.4, -0.2) is 42.8 Å². The number of benzene rings is 1. The van der Waals surface area contributed by atoms with E-state index in [4.69, 9.17) is 0 Å². The second-order valence-electron chi connectivity index (χ2n) is 6.46. The van der Waals surface area contributed by atoms with E-state index in [1.54, 1.807) is 0 Å². The molecule has 4 nitrogen and oxygen atoms in total. The van der Waals surface area contributed by atoms with E-state index in [0.29, 0.717) is 19.6 Å². The standard InChI is InChI=1S/C18H24N2O2/c21-17(13-19-12-14-6-7-14)20-10-8-16(9-11-20)18(22)15-4-2-1-3-5-15/h1-5,14,16,19H,6-13H2. The first-order chi connectivity index (χ1) is 10.7. The van der Waals surface area contributed by atoms with Gasteiger partial charge in [0.1, 0.15) is 0 Å². The molecule has 3 rings (SSSR count). The number of amides is 1. The number of carbonyl (C=O) groups excluding carboxylic acids is 2. The first kappa shape index (κ1) is 15.2. The van der Waals surface area contributed by atoms with Crippen LogP contribution in [0.5, 0.6) is 0 Å². The van der Waals surface area contributed by atoms with Gasteiger partial charge in [-0.15, -0.1) is 0 Å². The quantitative estimate of drug-likeness (QED) is 0.819. The van der Waals surface area contributed by atoms with E-state index >= 15 is 0 Å². The molecule has 4 heteroatoms. The number of hydrogen-bond donors (Lipinski definition) is 1. The maximum Gasteiger partial charge on any atom is 0.236 e. The molecule has 0 aromatic heterocycles. The topological polar surface area (TPSA) is 49.4 Å².